The van der Waals surface area contributed by atoms with Crippen LogP contribution in [0.4, 0.5) is 5.69 Å². The van der Waals surface area contributed by atoms with Crippen LogP contribution in [0.5, 0.6) is 5.75 Å². The quantitative estimate of drug-likeness (QED) is 0.593. The third-order valence-electron chi connectivity index (χ3n) is 2.06. The molecule has 0 amide bonds. The normalized spacial score (nSPS) is 10.1. The third-order valence-corrected chi connectivity index (χ3v) is 2.06. The minimum absolute atomic E-state index is 0.0289. The molecule has 0 saturated heterocycles. The van der Waals surface area contributed by atoms with E-state index in [4.69, 9.17) is 4.74 Å². The van der Waals surface area contributed by atoms with Gasteiger partial charge in [-0.1, -0.05) is 13.0 Å². The summed E-state index contributed by atoms with van der Waals surface area (Å²) in [6, 6.07) is 5.02. The Morgan fingerprint density at radius 3 is 2.81 bits per heavy atom. The lowest BCUT2D eigenvalue weighted by Gasteiger charge is -2.07. The van der Waals surface area contributed by atoms with Crippen molar-refractivity contribution >= 4 is 5.69 Å². The van der Waals surface area contributed by atoms with E-state index in [1.165, 1.54) is 0 Å². The molecule has 0 saturated carbocycles. The molecule has 0 aliphatic heterocycles. The van der Waals surface area contributed by atoms with E-state index in [9.17, 15) is 10.1 Å². The van der Waals surface area contributed by atoms with Gasteiger partial charge < -0.3 is 10.1 Å². The molecule has 1 aromatic carbocycles. The Bertz CT molecular complexity index is 366. The monoisotopic (exact) mass is 224 g/mol. The lowest BCUT2D eigenvalue weighted by atomic mass is 10.2. The first-order chi connectivity index (χ1) is 7.69. The van der Waals surface area contributed by atoms with Crippen LogP contribution < -0.4 is 10.1 Å². The molecule has 0 heterocycles. The Morgan fingerprint density at radius 2 is 2.25 bits per heavy atom. The van der Waals surface area contributed by atoms with Gasteiger partial charge in [-0.3, -0.25) is 10.1 Å². The maximum atomic E-state index is 10.8. The zero-order chi connectivity index (χ0) is 12.0. The van der Waals surface area contributed by atoms with Gasteiger partial charge in [0.1, 0.15) is 0 Å². The molecule has 0 bridgehead atoms. The number of hydrogen-bond acceptors (Lipinski definition) is 4. The van der Waals surface area contributed by atoms with Gasteiger partial charge in [0.15, 0.2) is 5.75 Å². The molecule has 0 fully saturated rings. The van der Waals surface area contributed by atoms with Crippen LogP contribution in [-0.4, -0.2) is 18.6 Å². The van der Waals surface area contributed by atoms with Crippen molar-refractivity contribution in [3.63, 3.8) is 0 Å². The van der Waals surface area contributed by atoms with Crippen molar-refractivity contribution in [1.82, 2.24) is 5.32 Å². The van der Waals surface area contributed by atoms with E-state index in [0.717, 1.165) is 12.0 Å². The zero-order valence-corrected chi connectivity index (χ0v) is 9.53. The molecule has 16 heavy (non-hydrogen) atoms. The molecule has 5 nitrogen and oxygen atoms in total. The van der Waals surface area contributed by atoms with Gasteiger partial charge in [0.25, 0.3) is 0 Å². The Balaban J connectivity index is 2.94. The fourth-order valence-electron chi connectivity index (χ4n) is 1.35. The largest absolute Gasteiger partial charge is 0.487 e. The second-order valence-electron chi connectivity index (χ2n) is 3.44. The Hall–Kier alpha value is -1.62. The molecule has 0 radical (unpaired) electrons. The number of nitro groups is 1. The predicted octanol–water partition coefficient (Wildman–Crippen LogP) is 2.10. The van der Waals surface area contributed by atoms with E-state index >= 15 is 0 Å². The van der Waals surface area contributed by atoms with Gasteiger partial charge in [-0.15, -0.1) is 0 Å². The van der Waals surface area contributed by atoms with Crippen LogP contribution in [0.1, 0.15) is 18.9 Å². The molecule has 0 spiro atoms. The van der Waals surface area contributed by atoms with E-state index < -0.39 is 4.92 Å². The fourth-order valence-corrected chi connectivity index (χ4v) is 1.35. The van der Waals surface area contributed by atoms with Crippen LogP contribution in [0.25, 0.3) is 0 Å². The third kappa shape index (κ3) is 3.20. The highest BCUT2D eigenvalue weighted by Crippen LogP contribution is 2.28. The van der Waals surface area contributed by atoms with Crippen molar-refractivity contribution in [2.24, 2.45) is 0 Å². The van der Waals surface area contributed by atoms with Gasteiger partial charge in [0, 0.05) is 12.6 Å². The minimum Gasteiger partial charge on any atom is -0.487 e. The Morgan fingerprint density at radius 1 is 1.50 bits per heavy atom. The summed E-state index contributed by atoms with van der Waals surface area (Å²) in [6.07, 6.45) is 0.829. The molecule has 1 aromatic rings. The Labute approximate surface area is 94.6 Å². The smallest absolute Gasteiger partial charge is 0.311 e. The molecule has 88 valence electrons. The summed E-state index contributed by atoms with van der Waals surface area (Å²) in [5.74, 6) is 0.340. The molecule has 5 heteroatoms. The lowest BCUT2D eigenvalue weighted by molar-refractivity contribution is -0.385. The van der Waals surface area contributed by atoms with Gasteiger partial charge in [-0.25, -0.2) is 0 Å². The second-order valence-corrected chi connectivity index (χ2v) is 3.44. The molecular weight excluding hydrogens is 208 g/mol. The summed E-state index contributed by atoms with van der Waals surface area (Å²) in [4.78, 5) is 10.4. The predicted molar refractivity (Wildman–Crippen MR) is 61.6 cm³/mol. The van der Waals surface area contributed by atoms with Crippen LogP contribution >= 0.6 is 0 Å². The first kappa shape index (κ1) is 12.4. The van der Waals surface area contributed by atoms with Gasteiger partial charge in [0.05, 0.1) is 11.5 Å². The maximum absolute atomic E-state index is 10.8. The average Bonchev–Trinajstić information content (AvgIpc) is 2.27. The van der Waals surface area contributed by atoms with E-state index in [2.05, 4.69) is 5.32 Å². The standard InChI is InChI=1S/C11H16N2O3/c1-3-6-16-11-5-4-9(8-12-2)7-10(11)13(14)15/h4-5,7,12H,3,6,8H2,1-2H3. The van der Waals surface area contributed by atoms with Crippen LogP contribution in [0.15, 0.2) is 18.2 Å². The molecular formula is C11H16N2O3. The summed E-state index contributed by atoms with van der Waals surface area (Å²) in [5, 5.41) is 13.8. The van der Waals surface area contributed by atoms with Crippen LogP contribution in [-0.2, 0) is 6.54 Å². The number of ether oxygens (including phenoxy) is 1. The van der Waals surface area contributed by atoms with Crippen molar-refractivity contribution in [3.05, 3.63) is 33.9 Å². The number of nitro benzene ring substituents is 1. The number of nitrogens with one attached hydrogen (secondary N) is 1. The molecule has 0 aliphatic rings. The Kier molecular flexibility index (Phi) is 4.72. The number of rotatable bonds is 6. The summed E-state index contributed by atoms with van der Waals surface area (Å²) < 4.78 is 5.32. The summed E-state index contributed by atoms with van der Waals surface area (Å²) in [6.45, 7) is 3.06. The van der Waals surface area contributed by atoms with E-state index in [-0.39, 0.29) is 5.69 Å². The van der Waals surface area contributed by atoms with Crippen molar-refractivity contribution in [2.45, 2.75) is 19.9 Å². The molecule has 0 atom stereocenters. The number of hydrogen-bond donors (Lipinski definition) is 1. The summed E-state index contributed by atoms with van der Waals surface area (Å²) in [5.41, 5.74) is 0.902. The summed E-state index contributed by atoms with van der Waals surface area (Å²) >= 11 is 0. The van der Waals surface area contributed by atoms with Crippen molar-refractivity contribution in [2.75, 3.05) is 13.7 Å². The molecule has 1 rings (SSSR count). The highest BCUT2D eigenvalue weighted by Gasteiger charge is 2.15. The molecule has 0 unspecified atom stereocenters. The van der Waals surface area contributed by atoms with Gasteiger partial charge in [-0.2, -0.15) is 0 Å². The second kappa shape index (κ2) is 6.07. The average molecular weight is 224 g/mol. The zero-order valence-electron chi connectivity index (χ0n) is 9.53. The van der Waals surface area contributed by atoms with Gasteiger partial charge >= 0.3 is 5.69 Å². The first-order valence-corrected chi connectivity index (χ1v) is 5.23. The van der Waals surface area contributed by atoms with Crippen molar-refractivity contribution in [1.29, 1.82) is 0 Å². The first-order valence-electron chi connectivity index (χ1n) is 5.23. The van der Waals surface area contributed by atoms with E-state index in [1.54, 1.807) is 19.2 Å². The van der Waals surface area contributed by atoms with Crippen molar-refractivity contribution in [3.8, 4) is 5.75 Å². The summed E-state index contributed by atoms with van der Waals surface area (Å²) in [7, 11) is 1.80. The molecule has 0 aromatic heterocycles. The number of nitrogens with zero attached hydrogens (tertiary/aromatic N) is 1. The lowest BCUT2D eigenvalue weighted by Crippen LogP contribution is -2.06. The van der Waals surface area contributed by atoms with Crippen LogP contribution in [0.3, 0.4) is 0 Å². The highest BCUT2D eigenvalue weighted by molar-refractivity contribution is 5.48. The number of benzene rings is 1. The topological polar surface area (TPSA) is 64.4 Å². The minimum atomic E-state index is -0.413. The molecule has 1 N–H and O–H groups in total. The van der Waals surface area contributed by atoms with Crippen molar-refractivity contribution < 1.29 is 9.66 Å². The van der Waals surface area contributed by atoms with E-state index in [0.29, 0.717) is 18.9 Å². The maximum Gasteiger partial charge on any atom is 0.311 e. The van der Waals surface area contributed by atoms with Crippen LogP contribution in [0.2, 0.25) is 0 Å². The molecule has 0 aliphatic carbocycles. The fraction of sp³-hybridized carbons (Fsp3) is 0.455. The van der Waals surface area contributed by atoms with Gasteiger partial charge in [0.2, 0.25) is 0 Å². The van der Waals surface area contributed by atoms with Crippen LogP contribution in [0, 0.1) is 10.1 Å². The van der Waals surface area contributed by atoms with E-state index in [1.807, 2.05) is 13.0 Å². The highest BCUT2D eigenvalue weighted by atomic mass is 16.6. The van der Waals surface area contributed by atoms with Gasteiger partial charge in [-0.05, 0) is 25.1 Å². The SMILES string of the molecule is CCCOc1ccc(CNC)cc1[N+](=O)[O-].